The summed E-state index contributed by atoms with van der Waals surface area (Å²) in [6.45, 7) is 0. The summed E-state index contributed by atoms with van der Waals surface area (Å²) in [5.74, 6) is -0.783. The molecule has 0 radical (unpaired) electrons. The van der Waals surface area contributed by atoms with Crippen molar-refractivity contribution in [2.75, 3.05) is 0 Å². The number of hydrogen-bond donors (Lipinski definition) is 4. The van der Waals surface area contributed by atoms with E-state index in [2.05, 4.69) is 11.4 Å². The van der Waals surface area contributed by atoms with Crippen LogP contribution in [0.5, 0.6) is 0 Å². The summed E-state index contributed by atoms with van der Waals surface area (Å²) in [6, 6.07) is 2.08. The van der Waals surface area contributed by atoms with Crippen LogP contribution in [0.25, 0.3) is 0 Å². The Balaban J connectivity index is 1.73. The first-order chi connectivity index (χ1) is 13.0. The van der Waals surface area contributed by atoms with Crippen LogP contribution in [-0.2, 0) is 11.2 Å². The molecule has 0 spiro atoms. The maximum absolute atomic E-state index is 10.5. The summed E-state index contributed by atoms with van der Waals surface area (Å²) in [5, 5.41) is 43.6. The number of carbonyl (C=O) groups is 1. The van der Waals surface area contributed by atoms with Crippen molar-refractivity contribution in [1.82, 2.24) is 0 Å². The zero-order valence-corrected chi connectivity index (χ0v) is 16.6. The van der Waals surface area contributed by atoms with Crippen molar-refractivity contribution in [2.45, 2.75) is 76.1 Å². The monoisotopic (exact) mass is 396 g/mol. The molecule has 3 unspecified atom stereocenters. The van der Waals surface area contributed by atoms with Gasteiger partial charge in [0, 0.05) is 6.42 Å². The quantitative estimate of drug-likeness (QED) is 0.321. The lowest BCUT2D eigenvalue weighted by atomic mass is 9.85. The second-order valence-electron chi connectivity index (χ2n) is 7.59. The van der Waals surface area contributed by atoms with Gasteiger partial charge in [-0.05, 0) is 85.6 Å². The maximum Gasteiger partial charge on any atom is 0.303 e. The number of rotatable bonds is 12. The van der Waals surface area contributed by atoms with Gasteiger partial charge in [-0.25, -0.2) is 0 Å². The van der Waals surface area contributed by atoms with Crippen LogP contribution >= 0.6 is 11.3 Å². The molecule has 1 heterocycles. The van der Waals surface area contributed by atoms with Gasteiger partial charge in [0.2, 0.25) is 0 Å². The predicted octanol–water partition coefficient (Wildman–Crippen LogP) is 3.38. The molecule has 1 aliphatic carbocycles. The van der Waals surface area contributed by atoms with Crippen molar-refractivity contribution in [2.24, 2.45) is 11.8 Å². The van der Waals surface area contributed by atoms with Crippen molar-refractivity contribution in [1.29, 1.82) is 0 Å². The van der Waals surface area contributed by atoms with Gasteiger partial charge in [0.05, 0.1) is 18.3 Å². The Morgan fingerprint density at radius 2 is 2.00 bits per heavy atom. The fourth-order valence-electron chi connectivity index (χ4n) is 3.95. The molecule has 1 saturated carbocycles. The summed E-state index contributed by atoms with van der Waals surface area (Å²) in [6.07, 6.45) is 8.03. The third kappa shape index (κ3) is 7.74. The van der Waals surface area contributed by atoms with E-state index in [1.54, 1.807) is 11.3 Å². The van der Waals surface area contributed by atoms with E-state index in [4.69, 9.17) is 5.11 Å². The topological polar surface area (TPSA) is 98.0 Å². The van der Waals surface area contributed by atoms with Gasteiger partial charge in [0.1, 0.15) is 0 Å². The van der Waals surface area contributed by atoms with Crippen LogP contribution in [0.2, 0.25) is 0 Å². The first-order valence-corrected chi connectivity index (χ1v) is 10.8. The molecule has 6 heteroatoms. The molecule has 152 valence electrons. The lowest BCUT2D eigenvalue weighted by Gasteiger charge is -2.23. The highest BCUT2D eigenvalue weighted by molar-refractivity contribution is 7.07. The van der Waals surface area contributed by atoms with E-state index >= 15 is 0 Å². The maximum atomic E-state index is 10.5. The Bertz CT molecular complexity index is 571. The number of aliphatic hydroxyl groups excluding tert-OH is 3. The normalized spacial score (nSPS) is 26.6. The first-order valence-electron chi connectivity index (χ1n) is 9.89. The van der Waals surface area contributed by atoms with Crippen molar-refractivity contribution in [3.05, 3.63) is 34.5 Å². The number of hydrogen-bond acceptors (Lipinski definition) is 5. The number of aliphatic hydroxyl groups is 3. The van der Waals surface area contributed by atoms with Crippen LogP contribution in [0, 0.1) is 11.8 Å². The molecule has 1 fully saturated rings. The van der Waals surface area contributed by atoms with Crippen LogP contribution in [-0.4, -0.2) is 44.7 Å². The van der Waals surface area contributed by atoms with Crippen LogP contribution in [0.15, 0.2) is 29.0 Å². The zero-order chi connectivity index (χ0) is 19.6. The van der Waals surface area contributed by atoms with Crippen LogP contribution in [0.1, 0.15) is 56.9 Å². The van der Waals surface area contributed by atoms with Crippen LogP contribution in [0.4, 0.5) is 0 Å². The van der Waals surface area contributed by atoms with E-state index in [0.717, 1.165) is 12.8 Å². The molecular formula is C21H32O5S. The highest BCUT2D eigenvalue weighted by atomic mass is 32.1. The molecule has 4 N–H and O–H groups in total. The third-order valence-electron chi connectivity index (χ3n) is 5.54. The van der Waals surface area contributed by atoms with Crippen molar-refractivity contribution in [3.8, 4) is 0 Å². The molecule has 27 heavy (non-hydrogen) atoms. The Kier molecular flexibility index (Phi) is 9.48. The summed E-state index contributed by atoms with van der Waals surface area (Å²) >= 11 is 1.66. The Labute approximate surface area is 165 Å². The zero-order valence-electron chi connectivity index (χ0n) is 15.7. The molecular weight excluding hydrogens is 364 g/mol. The number of unbranched alkanes of at least 4 members (excludes halogenated alkanes) is 1. The van der Waals surface area contributed by atoms with E-state index < -0.39 is 18.2 Å². The molecule has 2 rings (SSSR count). The summed E-state index contributed by atoms with van der Waals surface area (Å²) in [5.41, 5.74) is 1.25. The van der Waals surface area contributed by atoms with Gasteiger partial charge in [0.25, 0.3) is 0 Å². The minimum atomic E-state index is -0.782. The largest absolute Gasteiger partial charge is 0.481 e. The molecule has 5 nitrogen and oxygen atoms in total. The number of aryl methyl sites for hydroxylation is 1. The molecule has 0 aliphatic heterocycles. The lowest BCUT2D eigenvalue weighted by molar-refractivity contribution is -0.137. The summed E-state index contributed by atoms with van der Waals surface area (Å²) in [4.78, 5) is 10.5. The van der Waals surface area contributed by atoms with Gasteiger partial charge in [-0.2, -0.15) is 11.3 Å². The molecule has 5 atom stereocenters. The summed E-state index contributed by atoms with van der Waals surface area (Å²) in [7, 11) is 0. The Hall–Kier alpha value is -1.21. The first kappa shape index (κ1) is 22.1. The van der Waals surface area contributed by atoms with Crippen LogP contribution in [0.3, 0.4) is 0 Å². The highest BCUT2D eigenvalue weighted by Gasteiger charge is 2.40. The van der Waals surface area contributed by atoms with Gasteiger partial charge in [-0.15, -0.1) is 0 Å². The third-order valence-corrected chi connectivity index (χ3v) is 6.27. The van der Waals surface area contributed by atoms with Gasteiger partial charge >= 0.3 is 5.97 Å². The molecule has 1 aromatic heterocycles. The Morgan fingerprint density at radius 1 is 1.22 bits per heavy atom. The number of aliphatic carboxylic acids is 1. The molecule has 0 bridgehead atoms. The Morgan fingerprint density at radius 3 is 2.70 bits per heavy atom. The minimum Gasteiger partial charge on any atom is -0.481 e. The van der Waals surface area contributed by atoms with E-state index in [9.17, 15) is 20.1 Å². The molecule has 0 amide bonds. The lowest BCUT2D eigenvalue weighted by Crippen LogP contribution is -2.23. The number of thiophene rings is 1. The minimum absolute atomic E-state index is 0.000187. The van der Waals surface area contributed by atoms with Crippen LogP contribution < -0.4 is 0 Å². The van der Waals surface area contributed by atoms with Crippen molar-refractivity contribution in [3.63, 3.8) is 0 Å². The standard InChI is InChI=1S/C21H32O5S/c22-16(8-7-15-11-12-27-14-15)9-10-18-17(19(23)13-20(18)24)5-3-1-2-4-6-21(25)26/h1,3,11-12,14,16-20,22-24H,2,4-10,13H2,(H,25,26)/b3-1-/t16?,17?,18?,19-,20+/m0/s1. The molecule has 1 aliphatic rings. The average Bonchev–Trinajstić information content (AvgIpc) is 3.22. The second kappa shape index (κ2) is 11.6. The number of allylic oxidation sites excluding steroid dienone is 2. The van der Waals surface area contributed by atoms with Gasteiger partial charge < -0.3 is 20.4 Å². The van der Waals surface area contributed by atoms with E-state index in [-0.39, 0.29) is 24.4 Å². The van der Waals surface area contributed by atoms with Crippen molar-refractivity contribution >= 4 is 17.3 Å². The average molecular weight is 397 g/mol. The fraction of sp³-hybridized carbons (Fsp3) is 0.667. The van der Waals surface area contributed by atoms with Gasteiger partial charge in [-0.3, -0.25) is 4.79 Å². The van der Waals surface area contributed by atoms with Gasteiger partial charge in [0.15, 0.2) is 0 Å². The summed E-state index contributed by atoms with van der Waals surface area (Å²) < 4.78 is 0. The van der Waals surface area contributed by atoms with E-state index in [0.29, 0.717) is 38.5 Å². The smallest absolute Gasteiger partial charge is 0.303 e. The van der Waals surface area contributed by atoms with Crippen molar-refractivity contribution < 1.29 is 25.2 Å². The molecule has 1 aromatic rings. The SMILES string of the molecule is O=C(O)CCC/C=C\CC1C(CCC(O)CCc2ccsc2)[C@H](O)C[C@@H]1O. The fourth-order valence-corrected chi connectivity index (χ4v) is 4.65. The van der Waals surface area contributed by atoms with E-state index in [1.165, 1.54) is 5.56 Å². The van der Waals surface area contributed by atoms with E-state index in [1.807, 2.05) is 17.5 Å². The predicted molar refractivity (Wildman–Crippen MR) is 107 cm³/mol. The van der Waals surface area contributed by atoms with Gasteiger partial charge in [-0.1, -0.05) is 12.2 Å². The molecule has 0 aromatic carbocycles. The molecule has 0 saturated heterocycles. The number of carboxylic acids is 1. The number of carboxylic acid groups (broad SMARTS) is 1. The second-order valence-corrected chi connectivity index (χ2v) is 8.37. The highest BCUT2D eigenvalue weighted by Crippen LogP contribution is 2.38.